The lowest BCUT2D eigenvalue weighted by atomic mass is 10.0. The first-order chi connectivity index (χ1) is 27.2. The SMILES string of the molecule is c1ccc(-c2nc3cc(-c4ccc(N(c5ccc6c(c5)sc5ccccc56)c5ccc6oc7ccccc7c6c5)cc4)c4sc5ccccc5c4c3o2)cc1. The van der Waals surface area contributed by atoms with Crippen molar-refractivity contribution in [1.82, 2.24) is 4.98 Å². The molecule has 0 atom stereocenters. The Morgan fingerprint density at radius 1 is 0.436 bits per heavy atom. The van der Waals surface area contributed by atoms with Crippen molar-refractivity contribution >= 4 is 113 Å². The summed E-state index contributed by atoms with van der Waals surface area (Å²) in [5.74, 6) is 0.633. The van der Waals surface area contributed by atoms with Crippen molar-refractivity contribution in [2.24, 2.45) is 0 Å². The van der Waals surface area contributed by atoms with E-state index in [1.807, 2.05) is 53.8 Å². The maximum absolute atomic E-state index is 6.56. The zero-order valence-corrected chi connectivity index (χ0v) is 30.8. The second-order valence-corrected chi connectivity index (χ2v) is 16.0. The second-order valence-electron chi connectivity index (χ2n) is 13.9. The fraction of sp³-hybridized carbons (Fsp3) is 0. The van der Waals surface area contributed by atoms with Crippen molar-refractivity contribution in [3.63, 3.8) is 0 Å². The molecule has 0 unspecified atom stereocenters. The lowest BCUT2D eigenvalue weighted by molar-refractivity contribution is 0.623. The van der Waals surface area contributed by atoms with Gasteiger partial charge in [-0.3, -0.25) is 0 Å². The van der Waals surface area contributed by atoms with Crippen LogP contribution in [0.1, 0.15) is 0 Å². The number of nitrogens with zero attached hydrogens (tertiary/aromatic N) is 2. The first kappa shape index (κ1) is 30.7. The van der Waals surface area contributed by atoms with Gasteiger partial charge >= 0.3 is 0 Å². The third-order valence-electron chi connectivity index (χ3n) is 10.7. The van der Waals surface area contributed by atoms with Gasteiger partial charge in [-0.25, -0.2) is 4.98 Å². The second kappa shape index (κ2) is 11.9. The van der Waals surface area contributed by atoms with Crippen molar-refractivity contribution in [2.45, 2.75) is 0 Å². The van der Waals surface area contributed by atoms with E-state index in [4.69, 9.17) is 13.8 Å². The molecule has 6 heteroatoms. The van der Waals surface area contributed by atoms with E-state index < -0.39 is 0 Å². The van der Waals surface area contributed by atoms with Gasteiger partial charge in [0.05, 0.1) is 0 Å². The molecule has 8 aromatic carbocycles. The van der Waals surface area contributed by atoms with E-state index in [2.05, 4.69) is 132 Å². The van der Waals surface area contributed by atoms with Gasteiger partial charge in [-0.2, -0.15) is 0 Å². The Labute approximate surface area is 322 Å². The van der Waals surface area contributed by atoms with Crippen LogP contribution in [0.15, 0.2) is 179 Å². The molecule has 0 bridgehead atoms. The molecule has 0 radical (unpaired) electrons. The van der Waals surface area contributed by atoms with Gasteiger partial charge in [-0.1, -0.05) is 91.0 Å². The molecule has 0 N–H and O–H groups in total. The highest BCUT2D eigenvalue weighted by atomic mass is 32.1. The van der Waals surface area contributed by atoms with E-state index in [1.165, 1.54) is 35.0 Å². The summed E-state index contributed by atoms with van der Waals surface area (Å²) in [6, 6.07) is 60.2. The van der Waals surface area contributed by atoms with E-state index >= 15 is 0 Å². The standard InChI is InChI=1S/C49H28N2O2S2/c1-2-10-30(11-3-1)49-50-40-28-38(48-46(47(40)53-49)37-14-6-9-17-44(37)55-48)29-18-20-31(21-19-29)51(32-23-25-42-39(26-32)34-12-4-7-15-41(34)52-42)33-22-24-36-35-13-5-8-16-43(35)54-45(36)27-33/h1-28H. The highest BCUT2D eigenvalue weighted by Gasteiger charge is 2.21. The van der Waals surface area contributed by atoms with Crippen molar-refractivity contribution in [1.29, 1.82) is 0 Å². The average molecular weight is 741 g/mol. The van der Waals surface area contributed by atoms with Gasteiger partial charge < -0.3 is 13.7 Å². The minimum Gasteiger partial charge on any atom is -0.456 e. The quantitative estimate of drug-likeness (QED) is 0.176. The summed E-state index contributed by atoms with van der Waals surface area (Å²) in [4.78, 5) is 7.39. The van der Waals surface area contributed by atoms with E-state index in [-0.39, 0.29) is 0 Å². The lowest BCUT2D eigenvalue weighted by Gasteiger charge is -2.26. The van der Waals surface area contributed by atoms with Gasteiger partial charge in [0, 0.05) is 79.3 Å². The lowest BCUT2D eigenvalue weighted by Crippen LogP contribution is -2.09. The van der Waals surface area contributed by atoms with Crippen LogP contribution >= 0.6 is 22.7 Å². The van der Waals surface area contributed by atoms with E-state index in [1.54, 1.807) is 11.3 Å². The number of hydrogen-bond donors (Lipinski definition) is 0. The topological polar surface area (TPSA) is 42.4 Å². The molecule has 4 aromatic heterocycles. The number of rotatable bonds is 5. The molecular weight excluding hydrogens is 713 g/mol. The van der Waals surface area contributed by atoms with Gasteiger partial charge in [0.25, 0.3) is 0 Å². The summed E-state index contributed by atoms with van der Waals surface area (Å²) in [5, 5.41) is 7.09. The van der Waals surface area contributed by atoms with Crippen molar-refractivity contribution in [3.8, 4) is 22.6 Å². The molecule has 0 aliphatic heterocycles. The molecule has 0 fully saturated rings. The van der Waals surface area contributed by atoms with Crippen LogP contribution in [0, 0.1) is 0 Å². The summed E-state index contributed by atoms with van der Waals surface area (Å²) >= 11 is 3.65. The van der Waals surface area contributed by atoms with Crippen LogP contribution in [0.3, 0.4) is 0 Å². The summed E-state index contributed by atoms with van der Waals surface area (Å²) in [5.41, 5.74) is 9.93. The van der Waals surface area contributed by atoms with Crippen LogP contribution in [0.25, 0.3) is 96.0 Å². The predicted octanol–water partition coefficient (Wildman–Crippen LogP) is 15.3. The van der Waals surface area contributed by atoms with Crippen LogP contribution in [-0.4, -0.2) is 4.98 Å². The first-order valence-corrected chi connectivity index (χ1v) is 19.9. The Morgan fingerprint density at radius 3 is 1.95 bits per heavy atom. The van der Waals surface area contributed by atoms with Crippen LogP contribution in [-0.2, 0) is 0 Å². The molecule has 0 saturated heterocycles. The summed E-state index contributed by atoms with van der Waals surface area (Å²) in [6.07, 6.45) is 0. The molecular formula is C49H28N2O2S2. The molecule has 55 heavy (non-hydrogen) atoms. The third-order valence-corrected chi connectivity index (χ3v) is 13.0. The molecule has 0 amide bonds. The maximum Gasteiger partial charge on any atom is 0.227 e. The van der Waals surface area contributed by atoms with E-state index in [0.29, 0.717) is 5.89 Å². The number of benzene rings is 8. The Kier molecular flexibility index (Phi) is 6.64. The molecule has 12 rings (SSSR count). The van der Waals surface area contributed by atoms with Crippen molar-refractivity contribution < 1.29 is 8.83 Å². The molecule has 4 heterocycles. The number of anilines is 3. The summed E-state index contributed by atoms with van der Waals surface area (Å²) in [6.45, 7) is 0. The van der Waals surface area contributed by atoms with E-state index in [0.717, 1.165) is 72.2 Å². The normalized spacial score (nSPS) is 12.0. The largest absolute Gasteiger partial charge is 0.456 e. The monoisotopic (exact) mass is 740 g/mol. The van der Waals surface area contributed by atoms with Gasteiger partial charge in [0.2, 0.25) is 5.89 Å². The number of thiophene rings is 2. The molecule has 0 aliphatic carbocycles. The minimum absolute atomic E-state index is 0.633. The maximum atomic E-state index is 6.56. The van der Waals surface area contributed by atoms with Crippen molar-refractivity contribution in [3.05, 3.63) is 170 Å². The number of hydrogen-bond acceptors (Lipinski definition) is 6. The van der Waals surface area contributed by atoms with Gasteiger partial charge in [-0.15, -0.1) is 22.7 Å². The molecule has 0 saturated carbocycles. The minimum atomic E-state index is 0.633. The highest BCUT2D eigenvalue weighted by molar-refractivity contribution is 7.26. The number of oxazole rings is 1. The molecule has 4 nitrogen and oxygen atoms in total. The fourth-order valence-corrected chi connectivity index (χ4v) is 10.5. The van der Waals surface area contributed by atoms with Crippen LogP contribution < -0.4 is 4.90 Å². The van der Waals surface area contributed by atoms with Crippen molar-refractivity contribution in [2.75, 3.05) is 4.90 Å². The number of para-hydroxylation sites is 1. The number of furan rings is 1. The average Bonchev–Trinajstić information content (AvgIpc) is 4.02. The van der Waals surface area contributed by atoms with Crippen LogP contribution in [0.5, 0.6) is 0 Å². The zero-order chi connectivity index (χ0) is 36.0. The van der Waals surface area contributed by atoms with Crippen LogP contribution in [0.2, 0.25) is 0 Å². The Morgan fingerprint density at radius 2 is 1.09 bits per heavy atom. The zero-order valence-electron chi connectivity index (χ0n) is 29.2. The van der Waals surface area contributed by atoms with E-state index in [9.17, 15) is 0 Å². The molecule has 258 valence electrons. The molecule has 12 aromatic rings. The fourth-order valence-electron chi connectivity index (χ4n) is 8.13. The third kappa shape index (κ3) is 4.79. The number of aromatic nitrogens is 1. The smallest absolute Gasteiger partial charge is 0.227 e. The Hall–Kier alpha value is -6.73. The molecule has 0 aliphatic rings. The highest BCUT2D eigenvalue weighted by Crippen LogP contribution is 2.47. The first-order valence-electron chi connectivity index (χ1n) is 18.3. The number of fused-ring (bicyclic) bond motifs is 11. The Bertz CT molecular complexity index is 3440. The van der Waals surface area contributed by atoms with Crippen LogP contribution in [0.4, 0.5) is 17.1 Å². The molecule has 0 spiro atoms. The van der Waals surface area contributed by atoms with Gasteiger partial charge in [0.1, 0.15) is 16.7 Å². The summed E-state index contributed by atoms with van der Waals surface area (Å²) < 4.78 is 17.8. The van der Waals surface area contributed by atoms with Gasteiger partial charge in [-0.05, 0) is 84.4 Å². The predicted molar refractivity (Wildman–Crippen MR) is 233 cm³/mol. The van der Waals surface area contributed by atoms with Gasteiger partial charge in [0.15, 0.2) is 5.58 Å². The summed E-state index contributed by atoms with van der Waals surface area (Å²) in [7, 11) is 0. The Balaban J connectivity index is 1.04.